The van der Waals surface area contributed by atoms with Gasteiger partial charge in [0.25, 0.3) is 0 Å². The number of aldehydes is 1. The molecule has 0 radical (unpaired) electrons. The van der Waals surface area contributed by atoms with Gasteiger partial charge in [0.2, 0.25) is 23.6 Å². The molecule has 1 rings (SSSR count). The Bertz CT molecular complexity index is 721. The first-order chi connectivity index (χ1) is 15.4. The number of aliphatic hydroxyl groups excluding tert-OH is 3. The van der Waals surface area contributed by atoms with E-state index >= 15 is 0 Å². The summed E-state index contributed by atoms with van der Waals surface area (Å²) in [5.74, 6) is -2.66. The van der Waals surface area contributed by atoms with Crippen LogP contribution in [-0.2, 0) is 33.4 Å². The second-order valence-corrected chi connectivity index (χ2v) is 7.69. The number of ether oxygens (including phenoxy) is 2. The lowest BCUT2D eigenvalue weighted by Gasteiger charge is -2.43. The van der Waals surface area contributed by atoms with Gasteiger partial charge in [0.05, 0.1) is 12.6 Å². The van der Waals surface area contributed by atoms with Crippen LogP contribution in [0.25, 0.3) is 0 Å². The molecule has 33 heavy (non-hydrogen) atoms. The Hall–Kier alpha value is -2.65. The zero-order valence-corrected chi connectivity index (χ0v) is 18.6. The number of nitrogens with one attached hydrogen (secondary N) is 3. The SMILES string of the molecule is CC(=O)N[C@@H]1[C@@H](O[C@H](C)C(=O)N[C@@H](C)C(=O)N[C@@H](C=O)CCC(N)=O)[C@H](O)[C@@H](CO)O[C@@H]1O. The van der Waals surface area contributed by atoms with Gasteiger partial charge in [-0.15, -0.1) is 0 Å². The third kappa shape index (κ3) is 8.66. The van der Waals surface area contributed by atoms with Crippen LogP contribution in [-0.4, -0.2) is 101 Å². The van der Waals surface area contributed by atoms with Gasteiger partial charge in [0.15, 0.2) is 6.29 Å². The van der Waals surface area contributed by atoms with Crippen molar-refractivity contribution in [2.75, 3.05) is 6.61 Å². The lowest BCUT2D eigenvalue weighted by atomic mass is 9.96. The lowest BCUT2D eigenvalue weighted by Crippen LogP contribution is -2.65. The smallest absolute Gasteiger partial charge is 0.249 e. The standard InChI is InChI=1S/C19H32N4O10/c1-8(17(29)23-11(6-24)4-5-13(20)27)21-18(30)9(2)32-16-14(22-10(3)26)19(31)33-12(7-25)15(16)28/h6,8-9,11-12,14-16,19,25,28,31H,4-5,7H2,1-3H3,(H2,20,27)(H,21,30)(H,22,26)(H,23,29)/t8-,9+,11+,12+,14+,15+,16+,19-/m0/s1. The van der Waals surface area contributed by atoms with Crippen molar-refractivity contribution in [3.05, 3.63) is 0 Å². The zero-order valence-electron chi connectivity index (χ0n) is 18.6. The van der Waals surface area contributed by atoms with Crippen LogP contribution in [0.3, 0.4) is 0 Å². The van der Waals surface area contributed by atoms with E-state index in [1.54, 1.807) is 0 Å². The molecule has 8 N–H and O–H groups in total. The molecular weight excluding hydrogens is 444 g/mol. The van der Waals surface area contributed by atoms with Gasteiger partial charge in [0.1, 0.15) is 42.8 Å². The van der Waals surface area contributed by atoms with Crippen LogP contribution in [0.15, 0.2) is 0 Å². The Kier molecular flexibility index (Phi) is 11.3. The molecule has 4 amide bonds. The molecule has 14 nitrogen and oxygen atoms in total. The average Bonchev–Trinajstić information content (AvgIpc) is 2.74. The molecule has 8 atom stereocenters. The van der Waals surface area contributed by atoms with Gasteiger partial charge in [-0.25, -0.2) is 0 Å². The highest BCUT2D eigenvalue weighted by Crippen LogP contribution is 2.23. The molecule has 1 aliphatic heterocycles. The van der Waals surface area contributed by atoms with E-state index in [9.17, 15) is 39.3 Å². The number of nitrogens with two attached hydrogens (primary N) is 1. The number of carbonyl (C=O) groups is 5. The van der Waals surface area contributed by atoms with Crippen molar-refractivity contribution >= 4 is 29.9 Å². The summed E-state index contributed by atoms with van der Waals surface area (Å²) >= 11 is 0. The Morgan fingerprint density at radius 3 is 2.30 bits per heavy atom. The summed E-state index contributed by atoms with van der Waals surface area (Å²) < 4.78 is 10.6. The van der Waals surface area contributed by atoms with Crippen molar-refractivity contribution in [3.8, 4) is 0 Å². The Morgan fingerprint density at radius 1 is 1.15 bits per heavy atom. The summed E-state index contributed by atoms with van der Waals surface area (Å²) in [6, 6.07) is -3.30. The second kappa shape index (κ2) is 13.2. The molecule has 188 valence electrons. The number of aliphatic hydroxyl groups is 3. The van der Waals surface area contributed by atoms with E-state index in [4.69, 9.17) is 15.2 Å². The predicted octanol–water partition coefficient (Wildman–Crippen LogP) is -4.21. The third-order valence-electron chi connectivity index (χ3n) is 4.92. The largest absolute Gasteiger partial charge is 0.394 e. The van der Waals surface area contributed by atoms with E-state index < -0.39 is 79.1 Å². The van der Waals surface area contributed by atoms with Crippen LogP contribution < -0.4 is 21.7 Å². The van der Waals surface area contributed by atoms with Gasteiger partial charge in [-0.3, -0.25) is 19.2 Å². The van der Waals surface area contributed by atoms with Crippen molar-refractivity contribution in [2.24, 2.45) is 5.73 Å². The summed E-state index contributed by atoms with van der Waals surface area (Å²) in [5.41, 5.74) is 5.02. The molecule has 14 heteroatoms. The van der Waals surface area contributed by atoms with E-state index in [1.807, 2.05) is 0 Å². The number of hydrogen-bond donors (Lipinski definition) is 7. The van der Waals surface area contributed by atoms with Crippen molar-refractivity contribution in [3.63, 3.8) is 0 Å². The maximum Gasteiger partial charge on any atom is 0.249 e. The molecule has 1 saturated heterocycles. The van der Waals surface area contributed by atoms with Crippen molar-refractivity contribution in [1.29, 1.82) is 0 Å². The highest BCUT2D eigenvalue weighted by molar-refractivity contribution is 5.90. The zero-order chi connectivity index (χ0) is 25.3. The fourth-order valence-corrected chi connectivity index (χ4v) is 3.11. The minimum absolute atomic E-state index is 0.00524. The molecule has 0 aromatic rings. The van der Waals surface area contributed by atoms with E-state index in [0.29, 0.717) is 6.29 Å². The second-order valence-electron chi connectivity index (χ2n) is 7.69. The predicted molar refractivity (Wildman–Crippen MR) is 110 cm³/mol. The minimum atomic E-state index is -1.62. The van der Waals surface area contributed by atoms with Crippen molar-refractivity contribution in [1.82, 2.24) is 16.0 Å². The van der Waals surface area contributed by atoms with Gasteiger partial charge >= 0.3 is 0 Å². The Morgan fingerprint density at radius 2 is 1.79 bits per heavy atom. The monoisotopic (exact) mass is 476 g/mol. The molecule has 0 aliphatic carbocycles. The first kappa shape index (κ1) is 28.4. The van der Waals surface area contributed by atoms with Gasteiger partial charge in [-0.05, 0) is 20.3 Å². The quantitative estimate of drug-likeness (QED) is 0.134. The summed E-state index contributed by atoms with van der Waals surface area (Å²) in [7, 11) is 0. The average molecular weight is 476 g/mol. The van der Waals surface area contributed by atoms with Gasteiger partial charge in [-0.1, -0.05) is 0 Å². The van der Waals surface area contributed by atoms with Crippen molar-refractivity contribution < 1.29 is 48.8 Å². The summed E-state index contributed by atoms with van der Waals surface area (Å²) in [4.78, 5) is 58.1. The maximum atomic E-state index is 12.5. The summed E-state index contributed by atoms with van der Waals surface area (Å²) in [6.07, 6.45) is -6.60. The molecule has 0 bridgehead atoms. The fraction of sp³-hybridized carbons (Fsp3) is 0.737. The van der Waals surface area contributed by atoms with Gasteiger partial charge < -0.3 is 51.3 Å². The molecular formula is C19H32N4O10. The van der Waals surface area contributed by atoms with Gasteiger partial charge in [-0.2, -0.15) is 0 Å². The first-order valence-corrected chi connectivity index (χ1v) is 10.3. The van der Waals surface area contributed by atoms with Crippen LogP contribution in [0.4, 0.5) is 0 Å². The molecule has 0 saturated carbocycles. The number of carbonyl (C=O) groups excluding carboxylic acids is 5. The van der Waals surface area contributed by atoms with Crippen LogP contribution in [0.2, 0.25) is 0 Å². The molecule has 1 aliphatic rings. The van der Waals surface area contributed by atoms with Crippen LogP contribution in [0, 0.1) is 0 Å². The maximum absolute atomic E-state index is 12.5. The normalized spacial score (nSPS) is 27.5. The van der Waals surface area contributed by atoms with Crippen LogP contribution >= 0.6 is 0 Å². The molecule has 0 aromatic heterocycles. The highest BCUT2D eigenvalue weighted by atomic mass is 16.6. The van der Waals surface area contributed by atoms with E-state index in [1.165, 1.54) is 20.8 Å². The lowest BCUT2D eigenvalue weighted by molar-refractivity contribution is -0.266. The van der Waals surface area contributed by atoms with Gasteiger partial charge in [0, 0.05) is 13.3 Å². The topological polar surface area (TPSA) is 227 Å². The Balaban J connectivity index is 2.77. The number of rotatable bonds is 12. The molecule has 1 fully saturated rings. The fourth-order valence-electron chi connectivity index (χ4n) is 3.11. The molecule has 1 heterocycles. The number of primary amides is 1. The van der Waals surface area contributed by atoms with E-state index in [-0.39, 0.29) is 12.8 Å². The Labute approximate surface area is 190 Å². The number of hydrogen-bond acceptors (Lipinski definition) is 10. The van der Waals surface area contributed by atoms with E-state index in [2.05, 4.69) is 16.0 Å². The van der Waals surface area contributed by atoms with Crippen LogP contribution in [0.5, 0.6) is 0 Å². The molecule has 0 spiro atoms. The molecule has 0 unspecified atom stereocenters. The highest BCUT2D eigenvalue weighted by Gasteiger charge is 2.46. The summed E-state index contributed by atoms with van der Waals surface area (Å²) in [5, 5.41) is 37.0. The number of amides is 4. The first-order valence-electron chi connectivity index (χ1n) is 10.3. The third-order valence-corrected chi connectivity index (χ3v) is 4.92. The minimum Gasteiger partial charge on any atom is -0.394 e. The molecule has 0 aromatic carbocycles. The van der Waals surface area contributed by atoms with E-state index in [0.717, 1.165) is 0 Å². The van der Waals surface area contributed by atoms with Crippen molar-refractivity contribution in [2.45, 2.75) is 82.4 Å². The van der Waals surface area contributed by atoms with Crippen LogP contribution in [0.1, 0.15) is 33.6 Å². The summed E-state index contributed by atoms with van der Waals surface area (Å²) in [6.45, 7) is 3.18.